The van der Waals surface area contributed by atoms with E-state index in [2.05, 4.69) is 26.1 Å². The first-order chi connectivity index (χ1) is 10.1. The zero-order chi connectivity index (χ0) is 15.4. The zero-order valence-corrected chi connectivity index (χ0v) is 12.8. The number of carbonyl (C=O) groups is 1. The number of rotatable bonds is 7. The number of benzene rings is 1. The molecule has 0 aliphatic heterocycles. The van der Waals surface area contributed by atoms with E-state index in [1.165, 1.54) is 0 Å². The minimum atomic E-state index is -0.938. The molecule has 0 saturated heterocycles. The van der Waals surface area contributed by atoms with Crippen LogP contribution >= 0.6 is 0 Å². The van der Waals surface area contributed by atoms with Crippen LogP contribution in [0.3, 0.4) is 0 Å². The van der Waals surface area contributed by atoms with Gasteiger partial charge < -0.3 is 14.8 Å². The first kappa shape index (κ1) is 15.6. The van der Waals surface area contributed by atoms with Crippen molar-refractivity contribution in [3.63, 3.8) is 0 Å². The Morgan fingerprint density at radius 1 is 1.29 bits per heavy atom. The van der Waals surface area contributed by atoms with Gasteiger partial charge in [-0.25, -0.2) is 4.79 Å². The van der Waals surface area contributed by atoms with Gasteiger partial charge in [-0.1, -0.05) is 44.9 Å². The number of aromatic carboxylic acids is 1. The van der Waals surface area contributed by atoms with Crippen LogP contribution in [-0.4, -0.2) is 17.1 Å². The number of furan rings is 1. The van der Waals surface area contributed by atoms with E-state index in [9.17, 15) is 9.90 Å². The van der Waals surface area contributed by atoms with Crippen molar-refractivity contribution < 1.29 is 14.3 Å². The summed E-state index contributed by atoms with van der Waals surface area (Å²) < 4.78 is 5.71. The minimum absolute atomic E-state index is 0.273. The smallest absolute Gasteiger partial charge is 0.339 e. The highest BCUT2D eigenvalue weighted by atomic mass is 16.4. The molecule has 1 atom stereocenters. The van der Waals surface area contributed by atoms with Gasteiger partial charge in [0.2, 0.25) is 0 Å². The molecule has 1 heterocycles. The van der Waals surface area contributed by atoms with E-state index in [1.807, 2.05) is 12.1 Å². The van der Waals surface area contributed by atoms with Crippen molar-refractivity contribution in [3.8, 4) is 0 Å². The van der Waals surface area contributed by atoms with Crippen molar-refractivity contribution in [1.29, 1.82) is 0 Å². The van der Waals surface area contributed by atoms with Gasteiger partial charge in [-0.15, -0.1) is 0 Å². The van der Waals surface area contributed by atoms with E-state index in [-0.39, 0.29) is 5.56 Å². The Hall–Kier alpha value is -1.81. The minimum Gasteiger partial charge on any atom is -0.478 e. The summed E-state index contributed by atoms with van der Waals surface area (Å²) in [6.07, 6.45) is 2.22. The van der Waals surface area contributed by atoms with E-state index >= 15 is 0 Å². The summed E-state index contributed by atoms with van der Waals surface area (Å²) in [6.45, 7) is 6.93. The highest BCUT2D eigenvalue weighted by Crippen LogP contribution is 2.26. The Balaban J connectivity index is 2.22. The Bertz CT molecular complexity index is 614. The third-order valence-corrected chi connectivity index (χ3v) is 4.22. The predicted octanol–water partition coefficient (Wildman–Crippen LogP) is 4.05. The third-order valence-electron chi connectivity index (χ3n) is 4.22. The molecule has 114 valence electrons. The van der Waals surface area contributed by atoms with Crippen LogP contribution in [0.15, 0.2) is 28.7 Å². The van der Waals surface area contributed by atoms with Crippen LogP contribution in [0.2, 0.25) is 0 Å². The molecule has 0 aliphatic rings. The van der Waals surface area contributed by atoms with Crippen LogP contribution in [-0.2, 0) is 6.54 Å². The number of hydrogen-bond donors (Lipinski definition) is 2. The Labute approximate surface area is 125 Å². The first-order valence-corrected chi connectivity index (χ1v) is 7.55. The lowest BCUT2D eigenvalue weighted by Crippen LogP contribution is -2.32. The highest BCUT2D eigenvalue weighted by molar-refractivity contribution is 6.03. The summed E-state index contributed by atoms with van der Waals surface area (Å²) >= 11 is 0. The van der Waals surface area contributed by atoms with Crippen LogP contribution in [0.5, 0.6) is 0 Å². The molecular formula is C17H23NO3. The van der Waals surface area contributed by atoms with Crippen molar-refractivity contribution >= 4 is 16.9 Å². The monoisotopic (exact) mass is 289 g/mol. The second kappa shape index (κ2) is 6.76. The van der Waals surface area contributed by atoms with Gasteiger partial charge in [0.05, 0.1) is 6.54 Å². The average Bonchev–Trinajstić information content (AvgIpc) is 2.84. The molecule has 2 aromatic rings. The Morgan fingerprint density at radius 3 is 2.57 bits per heavy atom. The van der Waals surface area contributed by atoms with Crippen LogP contribution < -0.4 is 5.32 Å². The molecule has 0 bridgehead atoms. The standard InChI is InChI=1S/C17H23NO3/c1-4-12(5-2)11(3)18-10-15-16(17(19)20)13-8-6-7-9-14(13)21-15/h6-9,11-12,18H,4-5,10H2,1-3H3,(H,19,20). The molecule has 0 fully saturated rings. The Morgan fingerprint density at radius 2 is 1.95 bits per heavy atom. The number of para-hydroxylation sites is 1. The fourth-order valence-electron chi connectivity index (χ4n) is 2.87. The van der Waals surface area contributed by atoms with Gasteiger partial charge in [0, 0.05) is 11.4 Å². The lowest BCUT2D eigenvalue weighted by molar-refractivity contribution is 0.0696. The number of hydrogen-bond acceptors (Lipinski definition) is 3. The summed E-state index contributed by atoms with van der Waals surface area (Å²) in [4.78, 5) is 11.5. The summed E-state index contributed by atoms with van der Waals surface area (Å²) in [6, 6.07) is 7.59. The molecular weight excluding hydrogens is 266 g/mol. The van der Waals surface area contributed by atoms with Crippen molar-refractivity contribution in [1.82, 2.24) is 5.32 Å². The molecule has 0 spiro atoms. The van der Waals surface area contributed by atoms with Gasteiger partial charge in [-0.3, -0.25) is 0 Å². The molecule has 4 heteroatoms. The zero-order valence-electron chi connectivity index (χ0n) is 12.8. The average molecular weight is 289 g/mol. The highest BCUT2D eigenvalue weighted by Gasteiger charge is 2.21. The van der Waals surface area contributed by atoms with E-state index in [1.54, 1.807) is 12.1 Å². The molecule has 0 aliphatic carbocycles. The SMILES string of the molecule is CCC(CC)C(C)NCc1oc2ccccc2c1C(=O)O. The molecule has 1 aromatic heterocycles. The third kappa shape index (κ3) is 3.27. The van der Waals surface area contributed by atoms with E-state index < -0.39 is 5.97 Å². The Kier molecular flexibility index (Phi) is 5.02. The molecule has 2 N–H and O–H groups in total. The molecule has 0 radical (unpaired) electrons. The number of fused-ring (bicyclic) bond motifs is 1. The van der Waals surface area contributed by atoms with Crippen LogP contribution in [0.1, 0.15) is 49.7 Å². The van der Waals surface area contributed by atoms with Crippen molar-refractivity contribution in [2.24, 2.45) is 5.92 Å². The van der Waals surface area contributed by atoms with Crippen molar-refractivity contribution in [3.05, 3.63) is 35.6 Å². The molecule has 4 nitrogen and oxygen atoms in total. The number of carboxylic acids is 1. The van der Waals surface area contributed by atoms with Gasteiger partial charge in [0.1, 0.15) is 16.9 Å². The number of nitrogens with one attached hydrogen (secondary N) is 1. The lowest BCUT2D eigenvalue weighted by Gasteiger charge is -2.22. The van der Waals surface area contributed by atoms with Crippen molar-refractivity contribution in [2.45, 2.75) is 46.2 Å². The fourth-order valence-corrected chi connectivity index (χ4v) is 2.87. The summed E-state index contributed by atoms with van der Waals surface area (Å²) in [5.74, 6) is 0.149. The van der Waals surface area contributed by atoms with Gasteiger partial charge in [0.25, 0.3) is 0 Å². The summed E-state index contributed by atoms with van der Waals surface area (Å²) in [5.41, 5.74) is 0.900. The maximum atomic E-state index is 11.5. The van der Waals surface area contributed by atoms with Gasteiger partial charge in [-0.05, 0) is 18.9 Å². The largest absolute Gasteiger partial charge is 0.478 e. The fraction of sp³-hybridized carbons (Fsp3) is 0.471. The molecule has 1 unspecified atom stereocenters. The maximum Gasteiger partial charge on any atom is 0.339 e. The molecule has 1 aromatic carbocycles. The normalized spacial score (nSPS) is 13.0. The molecule has 2 rings (SSSR count). The predicted molar refractivity (Wildman–Crippen MR) is 83.5 cm³/mol. The first-order valence-electron chi connectivity index (χ1n) is 7.55. The van der Waals surface area contributed by atoms with Crippen LogP contribution in [0.25, 0.3) is 11.0 Å². The quantitative estimate of drug-likeness (QED) is 0.807. The van der Waals surface area contributed by atoms with Gasteiger partial charge in [-0.2, -0.15) is 0 Å². The summed E-state index contributed by atoms with van der Waals surface area (Å²) in [5, 5.41) is 13.5. The molecule has 21 heavy (non-hydrogen) atoms. The lowest BCUT2D eigenvalue weighted by atomic mass is 9.95. The van der Waals surface area contributed by atoms with Crippen LogP contribution in [0.4, 0.5) is 0 Å². The summed E-state index contributed by atoms with van der Waals surface area (Å²) in [7, 11) is 0. The number of carboxylic acid groups (broad SMARTS) is 1. The second-order valence-corrected chi connectivity index (χ2v) is 5.45. The van der Waals surface area contributed by atoms with Gasteiger partial charge in [0.15, 0.2) is 0 Å². The molecule has 0 amide bonds. The van der Waals surface area contributed by atoms with Crippen molar-refractivity contribution in [2.75, 3.05) is 0 Å². The second-order valence-electron chi connectivity index (χ2n) is 5.45. The maximum absolute atomic E-state index is 11.5. The van der Waals surface area contributed by atoms with E-state index in [0.29, 0.717) is 35.2 Å². The van der Waals surface area contributed by atoms with Crippen LogP contribution in [0, 0.1) is 5.92 Å². The topological polar surface area (TPSA) is 62.5 Å². The van der Waals surface area contributed by atoms with E-state index in [0.717, 1.165) is 12.8 Å². The molecule has 0 saturated carbocycles. The van der Waals surface area contributed by atoms with Gasteiger partial charge >= 0.3 is 5.97 Å². The van der Waals surface area contributed by atoms with E-state index in [4.69, 9.17) is 4.42 Å².